The summed E-state index contributed by atoms with van der Waals surface area (Å²) in [5.74, 6) is -0.692. The fourth-order valence-electron chi connectivity index (χ4n) is 0.852. The molecule has 0 saturated carbocycles. The minimum absolute atomic E-state index is 0.349. The fourth-order valence-corrected chi connectivity index (χ4v) is 0.852. The molecule has 1 rings (SSSR count). The van der Waals surface area contributed by atoms with Crippen LogP contribution in [0.1, 0.15) is 0 Å². The fraction of sp³-hybridized carbons (Fsp3) is 0.800. The van der Waals surface area contributed by atoms with Crippen molar-refractivity contribution < 1.29 is 20.1 Å². The minimum Gasteiger partial charge on any atom is -0.395 e. The third-order valence-electron chi connectivity index (χ3n) is 1.58. The molecular formula is C5H10N2O4. The Hall–Kier alpha value is -0.690. The average molecular weight is 162 g/mol. The lowest BCUT2D eigenvalue weighted by molar-refractivity contribution is -0.144. The third-order valence-corrected chi connectivity index (χ3v) is 1.58. The van der Waals surface area contributed by atoms with Gasteiger partial charge in [0.05, 0.1) is 12.6 Å². The van der Waals surface area contributed by atoms with E-state index in [1.54, 1.807) is 0 Å². The number of hydrogen-bond acceptors (Lipinski definition) is 5. The number of carbonyl (C=O) groups excluding carboxylic acids is 1. The van der Waals surface area contributed by atoms with Gasteiger partial charge in [-0.1, -0.05) is 0 Å². The van der Waals surface area contributed by atoms with Crippen LogP contribution in [0.15, 0.2) is 0 Å². The summed E-state index contributed by atoms with van der Waals surface area (Å²) in [7, 11) is 0. The van der Waals surface area contributed by atoms with Crippen molar-refractivity contribution in [3.63, 3.8) is 0 Å². The zero-order valence-electron chi connectivity index (χ0n) is 5.69. The van der Waals surface area contributed by atoms with E-state index in [-0.39, 0.29) is 6.61 Å². The summed E-state index contributed by atoms with van der Waals surface area (Å²) < 4.78 is 0. The summed E-state index contributed by atoms with van der Waals surface area (Å²) in [5.41, 5.74) is 4.44. The first-order valence-corrected chi connectivity index (χ1v) is 3.19. The van der Waals surface area contributed by atoms with Crippen LogP contribution in [0.2, 0.25) is 0 Å². The van der Waals surface area contributed by atoms with E-state index < -0.39 is 24.2 Å². The van der Waals surface area contributed by atoms with Crippen molar-refractivity contribution in [3.8, 4) is 0 Å². The van der Waals surface area contributed by atoms with Crippen LogP contribution in [0.25, 0.3) is 0 Å². The van der Waals surface area contributed by atoms with Gasteiger partial charge in [0.2, 0.25) is 0 Å². The first-order chi connectivity index (χ1) is 5.16. The lowest BCUT2D eigenvalue weighted by Gasteiger charge is -2.30. The van der Waals surface area contributed by atoms with E-state index in [1.807, 2.05) is 0 Å². The number of nitrogens with one attached hydrogen (secondary N) is 2. The maximum absolute atomic E-state index is 10.6. The lowest BCUT2D eigenvalue weighted by Crippen LogP contribution is -2.65. The van der Waals surface area contributed by atoms with Gasteiger partial charge in [0.15, 0.2) is 6.10 Å². The molecular weight excluding hydrogens is 152 g/mol. The number of aliphatic hydroxyl groups is 3. The van der Waals surface area contributed by atoms with Crippen molar-refractivity contribution in [2.75, 3.05) is 6.61 Å². The lowest BCUT2D eigenvalue weighted by atomic mass is 10.0. The number of amides is 1. The van der Waals surface area contributed by atoms with Gasteiger partial charge in [-0.2, -0.15) is 0 Å². The molecule has 64 valence electrons. The van der Waals surface area contributed by atoms with E-state index in [9.17, 15) is 4.79 Å². The Labute approximate surface area is 62.8 Å². The van der Waals surface area contributed by atoms with Crippen molar-refractivity contribution in [1.82, 2.24) is 10.9 Å². The normalized spacial score (nSPS) is 38.5. The van der Waals surface area contributed by atoms with Crippen LogP contribution in [-0.4, -0.2) is 46.1 Å². The molecule has 3 atom stereocenters. The molecule has 0 radical (unpaired) electrons. The Morgan fingerprint density at radius 1 is 1.45 bits per heavy atom. The van der Waals surface area contributed by atoms with Gasteiger partial charge < -0.3 is 15.3 Å². The molecule has 1 amide bonds. The summed E-state index contributed by atoms with van der Waals surface area (Å²) in [5, 5.41) is 26.6. The molecule has 0 spiro atoms. The largest absolute Gasteiger partial charge is 0.395 e. The SMILES string of the molecule is O=C1NN[C@@H](CO)[C@@H](O)[C@@H]1O. The Kier molecular flexibility index (Phi) is 2.40. The second-order valence-corrected chi connectivity index (χ2v) is 2.36. The van der Waals surface area contributed by atoms with Crippen LogP contribution in [-0.2, 0) is 4.79 Å². The summed E-state index contributed by atoms with van der Waals surface area (Å²) in [6, 6.07) is -0.706. The summed E-state index contributed by atoms with van der Waals surface area (Å²) >= 11 is 0. The molecule has 0 aromatic carbocycles. The van der Waals surface area contributed by atoms with Crippen molar-refractivity contribution in [3.05, 3.63) is 0 Å². The van der Waals surface area contributed by atoms with E-state index in [0.29, 0.717) is 0 Å². The van der Waals surface area contributed by atoms with Gasteiger partial charge in [-0.25, -0.2) is 5.43 Å². The highest BCUT2D eigenvalue weighted by Crippen LogP contribution is 2.03. The molecule has 1 saturated heterocycles. The van der Waals surface area contributed by atoms with Crippen LogP contribution in [0.4, 0.5) is 0 Å². The minimum atomic E-state index is -1.46. The molecule has 11 heavy (non-hydrogen) atoms. The predicted octanol–water partition coefficient (Wildman–Crippen LogP) is -3.30. The zero-order chi connectivity index (χ0) is 8.43. The molecule has 0 aromatic heterocycles. The molecule has 1 aliphatic heterocycles. The Morgan fingerprint density at radius 3 is 2.64 bits per heavy atom. The standard InChI is InChI=1S/C5H10N2O4/c8-1-2-3(9)4(10)5(11)7-6-2/h2-4,6,8-10H,1H2,(H,7,11)/t2-,3+,4-/m0/s1. The van der Waals surface area contributed by atoms with Gasteiger partial charge in [0.1, 0.15) is 6.10 Å². The van der Waals surface area contributed by atoms with Crippen molar-refractivity contribution >= 4 is 5.91 Å². The number of rotatable bonds is 1. The summed E-state index contributed by atoms with van der Waals surface area (Å²) in [6.07, 6.45) is -2.72. The number of aliphatic hydroxyl groups excluding tert-OH is 3. The van der Waals surface area contributed by atoms with Gasteiger partial charge in [-0.15, -0.1) is 0 Å². The first-order valence-electron chi connectivity index (χ1n) is 3.19. The van der Waals surface area contributed by atoms with Gasteiger partial charge in [-0.3, -0.25) is 10.2 Å². The van der Waals surface area contributed by atoms with Crippen molar-refractivity contribution in [1.29, 1.82) is 0 Å². The third kappa shape index (κ3) is 1.48. The molecule has 6 heteroatoms. The quantitative estimate of drug-likeness (QED) is 0.278. The Balaban J connectivity index is 2.59. The van der Waals surface area contributed by atoms with E-state index >= 15 is 0 Å². The van der Waals surface area contributed by atoms with Gasteiger partial charge in [0.25, 0.3) is 5.91 Å². The summed E-state index contributed by atoms with van der Waals surface area (Å²) in [6.45, 7) is -0.349. The molecule has 5 N–H and O–H groups in total. The van der Waals surface area contributed by atoms with Crippen LogP contribution < -0.4 is 10.9 Å². The van der Waals surface area contributed by atoms with Gasteiger partial charge in [-0.05, 0) is 0 Å². The highest BCUT2D eigenvalue weighted by Gasteiger charge is 2.35. The van der Waals surface area contributed by atoms with E-state index in [2.05, 4.69) is 10.9 Å². The van der Waals surface area contributed by atoms with Gasteiger partial charge >= 0.3 is 0 Å². The van der Waals surface area contributed by atoms with Crippen LogP contribution in [0, 0.1) is 0 Å². The molecule has 1 heterocycles. The number of hydrazine groups is 1. The Bertz CT molecular complexity index is 163. The van der Waals surface area contributed by atoms with Crippen LogP contribution >= 0.6 is 0 Å². The molecule has 6 nitrogen and oxygen atoms in total. The molecule has 0 aromatic rings. The van der Waals surface area contributed by atoms with E-state index in [0.717, 1.165) is 0 Å². The van der Waals surface area contributed by atoms with E-state index in [1.165, 1.54) is 0 Å². The maximum Gasteiger partial charge on any atom is 0.265 e. The van der Waals surface area contributed by atoms with E-state index in [4.69, 9.17) is 15.3 Å². The van der Waals surface area contributed by atoms with Crippen molar-refractivity contribution in [2.45, 2.75) is 18.2 Å². The second kappa shape index (κ2) is 3.14. The highest BCUT2D eigenvalue weighted by molar-refractivity contribution is 5.81. The highest BCUT2D eigenvalue weighted by atomic mass is 16.3. The zero-order valence-corrected chi connectivity index (χ0v) is 5.69. The second-order valence-electron chi connectivity index (χ2n) is 2.36. The van der Waals surface area contributed by atoms with Crippen LogP contribution in [0.3, 0.4) is 0 Å². The first kappa shape index (κ1) is 8.41. The van der Waals surface area contributed by atoms with Gasteiger partial charge in [0, 0.05) is 0 Å². The molecule has 0 aliphatic carbocycles. The molecule has 0 bridgehead atoms. The molecule has 1 aliphatic rings. The Morgan fingerprint density at radius 2 is 2.09 bits per heavy atom. The van der Waals surface area contributed by atoms with Crippen molar-refractivity contribution in [2.24, 2.45) is 0 Å². The number of hydrogen-bond donors (Lipinski definition) is 5. The summed E-state index contributed by atoms with van der Waals surface area (Å²) in [4.78, 5) is 10.6. The predicted molar refractivity (Wildman–Crippen MR) is 34.2 cm³/mol. The monoisotopic (exact) mass is 162 g/mol. The molecule has 1 fully saturated rings. The molecule has 0 unspecified atom stereocenters. The number of carbonyl (C=O) groups is 1. The topological polar surface area (TPSA) is 102 Å². The smallest absolute Gasteiger partial charge is 0.265 e. The average Bonchev–Trinajstić information content (AvgIpc) is 2.01. The maximum atomic E-state index is 10.6. The van der Waals surface area contributed by atoms with Crippen LogP contribution in [0.5, 0.6) is 0 Å².